The van der Waals surface area contributed by atoms with Crippen molar-refractivity contribution in [1.82, 2.24) is 9.29 Å². The number of rotatable bonds is 2. The predicted molar refractivity (Wildman–Crippen MR) is 82.7 cm³/mol. The zero-order valence-electron chi connectivity index (χ0n) is 12.2. The highest BCUT2D eigenvalue weighted by atomic mass is 35.5. The van der Waals surface area contributed by atoms with E-state index >= 15 is 0 Å². The minimum Gasteiger partial charge on any atom is -0.244 e. The summed E-state index contributed by atoms with van der Waals surface area (Å²) in [6, 6.07) is 3.14. The number of sulfonamides is 1. The molecule has 1 aliphatic heterocycles. The largest absolute Gasteiger partial charge is 0.244 e. The van der Waals surface area contributed by atoms with E-state index in [1.165, 1.54) is 24.8 Å². The van der Waals surface area contributed by atoms with Gasteiger partial charge in [0.25, 0.3) is 0 Å². The second-order valence-corrected chi connectivity index (χ2v) is 8.49. The Morgan fingerprint density at radius 3 is 2.81 bits per heavy atom. The Labute approximate surface area is 131 Å². The van der Waals surface area contributed by atoms with Gasteiger partial charge >= 0.3 is 0 Å². The van der Waals surface area contributed by atoms with Crippen LogP contribution in [0.2, 0.25) is 5.15 Å². The second kappa shape index (κ2) is 5.86. The van der Waals surface area contributed by atoms with Crippen LogP contribution in [0.1, 0.15) is 39.0 Å². The fourth-order valence-electron chi connectivity index (χ4n) is 3.85. The van der Waals surface area contributed by atoms with Crippen molar-refractivity contribution in [3.63, 3.8) is 0 Å². The van der Waals surface area contributed by atoms with Crippen LogP contribution in [0.5, 0.6) is 0 Å². The van der Waals surface area contributed by atoms with Gasteiger partial charge in [-0.25, -0.2) is 13.4 Å². The first-order valence-corrected chi connectivity index (χ1v) is 9.45. The van der Waals surface area contributed by atoms with E-state index in [0.29, 0.717) is 18.4 Å². The van der Waals surface area contributed by atoms with Crippen molar-refractivity contribution < 1.29 is 8.42 Å². The highest BCUT2D eigenvalue weighted by molar-refractivity contribution is 7.89. The number of nitrogens with zero attached hydrogens (tertiary/aromatic N) is 2. The first-order valence-electron chi connectivity index (χ1n) is 7.63. The molecule has 2 heterocycles. The third-order valence-corrected chi connectivity index (χ3v) is 7.12. The standard InChI is InChI=1S/C15H21ClN2O2S/c1-11-7-9-18(14-5-3-2-4-13(11)14)21(19,20)12-6-8-17-15(16)10-12/h6,8,10-11,13-14H,2-5,7,9H2,1H3. The van der Waals surface area contributed by atoms with Crippen LogP contribution in [0.25, 0.3) is 0 Å². The minimum atomic E-state index is -3.47. The van der Waals surface area contributed by atoms with Crippen LogP contribution < -0.4 is 0 Å². The van der Waals surface area contributed by atoms with Gasteiger partial charge in [0.15, 0.2) is 0 Å². The second-order valence-electron chi connectivity index (χ2n) is 6.21. The van der Waals surface area contributed by atoms with E-state index < -0.39 is 10.0 Å². The molecule has 1 aliphatic carbocycles. The molecular weight excluding hydrogens is 308 g/mol. The molecule has 0 amide bonds. The molecule has 0 N–H and O–H groups in total. The molecule has 1 aromatic rings. The number of fused-ring (bicyclic) bond motifs is 1. The predicted octanol–water partition coefficient (Wildman–Crippen LogP) is 3.32. The average molecular weight is 329 g/mol. The SMILES string of the molecule is CC1CCN(S(=O)(=O)c2ccnc(Cl)c2)C2CCCCC12. The molecule has 1 aromatic heterocycles. The topological polar surface area (TPSA) is 50.3 Å². The van der Waals surface area contributed by atoms with E-state index in [9.17, 15) is 8.42 Å². The number of halogens is 1. The monoisotopic (exact) mass is 328 g/mol. The molecule has 2 fully saturated rings. The molecule has 6 heteroatoms. The Kier molecular flexibility index (Phi) is 4.26. The van der Waals surface area contributed by atoms with Crippen LogP contribution in [-0.2, 0) is 10.0 Å². The summed E-state index contributed by atoms with van der Waals surface area (Å²) >= 11 is 5.86. The van der Waals surface area contributed by atoms with Crippen molar-refractivity contribution in [3.05, 3.63) is 23.5 Å². The van der Waals surface area contributed by atoms with Crippen molar-refractivity contribution in [2.24, 2.45) is 11.8 Å². The number of pyridine rings is 1. The fraction of sp³-hybridized carbons (Fsp3) is 0.667. The lowest BCUT2D eigenvalue weighted by Crippen LogP contribution is -2.52. The Bertz CT molecular complexity index is 620. The lowest BCUT2D eigenvalue weighted by molar-refractivity contribution is 0.0827. The van der Waals surface area contributed by atoms with Crippen LogP contribution in [0.4, 0.5) is 0 Å². The summed E-state index contributed by atoms with van der Waals surface area (Å²) in [4.78, 5) is 4.14. The van der Waals surface area contributed by atoms with Gasteiger partial charge in [0.05, 0.1) is 4.90 Å². The van der Waals surface area contributed by atoms with E-state index in [0.717, 1.165) is 25.7 Å². The van der Waals surface area contributed by atoms with Crippen molar-refractivity contribution in [2.45, 2.75) is 50.0 Å². The van der Waals surface area contributed by atoms with Crippen LogP contribution in [0.15, 0.2) is 23.2 Å². The molecular formula is C15H21ClN2O2S. The number of hydrogen-bond acceptors (Lipinski definition) is 3. The molecule has 2 aliphatic rings. The molecule has 3 rings (SSSR count). The maximum atomic E-state index is 12.9. The van der Waals surface area contributed by atoms with Crippen molar-refractivity contribution in [2.75, 3.05) is 6.54 Å². The summed E-state index contributed by atoms with van der Waals surface area (Å²) in [7, 11) is -3.47. The summed E-state index contributed by atoms with van der Waals surface area (Å²) < 4.78 is 27.6. The molecule has 4 nitrogen and oxygen atoms in total. The van der Waals surface area contributed by atoms with E-state index in [1.807, 2.05) is 0 Å². The normalized spacial score (nSPS) is 30.9. The van der Waals surface area contributed by atoms with Crippen LogP contribution >= 0.6 is 11.6 Å². The lowest BCUT2D eigenvalue weighted by Gasteiger charge is -2.46. The van der Waals surface area contributed by atoms with Gasteiger partial charge in [-0.05, 0) is 43.2 Å². The Balaban J connectivity index is 1.94. The van der Waals surface area contributed by atoms with Crippen LogP contribution in [-0.4, -0.2) is 30.3 Å². The Hall–Kier alpha value is -0.650. The molecule has 0 aromatic carbocycles. The van der Waals surface area contributed by atoms with Gasteiger partial charge in [-0.2, -0.15) is 4.31 Å². The summed E-state index contributed by atoms with van der Waals surface area (Å²) in [6.07, 6.45) is 6.87. The van der Waals surface area contributed by atoms with Gasteiger partial charge in [0.2, 0.25) is 10.0 Å². The quantitative estimate of drug-likeness (QED) is 0.782. The Morgan fingerprint density at radius 2 is 2.05 bits per heavy atom. The first-order chi connectivity index (χ1) is 10.00. The van der Waals surface area contributed by atoms with Crippen LogP contribution in [0.3, 0.4) is 0 Å². The molecule has 116 valence electrons. The summed E-state index contributed by atoms with van der Waals surface area (Å²) in [5.41, 5.74) is 0. The first kappa shape index (κ1) is 15.3. The van der Waals surface area contributed by atoms with E-state index in [2.05, 4.69) is 11.9 Å². The van der Waals surface area contributed by atoms with Gasteiger partial charge < -0.3 is 0 Å². The van der Waals surface area contributed by atoms with Crippen molar-refractivity contribution >= 4 is 21.6 Å². The van der Waals surface area contributed by atoms with Crippen LogP contribution in [0, 0.1) is 11.8 Å². The number of aromatic nitrogens is 1. The summed E-state index contributed by atoms with van der Waals surface area (Å²) in [6.45, 7) is 2.88. The molecule has 1 saturated heterocycles. The summed E-state index contributed by atoms with van der Waals surface area (Å²) in [5, 5.41) is 0.224. The molecule has 3 unspecified atom stereocenters. The maximum absolute atomic E-state index is 12.9. The van der Waals surface area contributed by atoms with Crippen molar-refractivity contribution in [1.29, 1.82) is 0 Å². The fourth-order valence-corrected chi connectivity index (χ4v) is 5.82. The third-order valence-electron chi connectivity index (χ3n) is 4.99. The number of hydrogen-bond donors (Lipinski definition) is 0. The highest BCUT2D eigenvalue weighted by Gasteiger charge is 2.42. The highest BCUT2D eigenvalue weighted by Crippen LogP contribution is 2.41. The molecule has 0 radical (unpaired) electrons. The number of piperidine rings is 1. The van der Waals surface area contributed by atoms with Gasteiger partial charge in [0.1, 0.15) is 5.15 Å². The summed E-state index contributed by atoms with van der Waals surface area (Å²) in [5.74, 6) is 1.11. The van der Waals surface area contributed by atoms with Gasteiger partial charge in [-0.1, -0.05) is 31.4 Å². The van der Waals surface area contributed by atoms with E-state index in [1.54, 1.807) is 4.31 Å². The smallest absolute Gasteiger partial charge is 0.243 e. The van der Waals surface area contributed by atoms with E-state index in [-0.39, 0.29) is 16.1 Å². The molecule has 0 bridgehead atoms. The molecule has 3 atom stereocenters. The Morgan fingerprint density at radius 1 is 1.29 bits per heavy atom. The minimum absolute atomic E-state index is 0.152. The molecule has 0 spiro atoms. The van der Waals surface area contributed by atoms with Crippen molar-refractivity contribution in [3.8, 4) is 0 Å². The molecule has 1 saturated carbocycles. The van der Waals surface area contributed by atoms with Gasteiger partial charge in [-0.15, -0.1) is 0 Å². The van der Waals surface area contributed by atoms with Gasteiger partial charge in [0, 0.05) is 18.8 Å². The average Bonchev–Trinajstić information content (AvgIpc) is 2.47. The maximum Gasteiger partial charge on any atom is 0.243 e. The molecule has 21 heavy (non-hydrogen) atoms. The van der Waals surface area contributed by atoms with E-state index in [4.69, 9.17) is 11.6 Å². The van der Waals surface area contributed by atoms with Gasteiger partial charge in [-0.3, -0.25) is 0 Å². The lowest BCUT2D eigenvalue weighted by atomic mass is 9.74. The zero-order chi connectivity index (χ0) is 15.0. The zero-order valence-corrected chi connectivity index (χ0v) is 13.8. The third kappa shape index (κ3) is 2.83.